The minimum absolute atomic E-state index is 0.123. The molecule has 0 saturated carbocycles. The molecule has 1 atom stereocenters. The van der Waals surface area contributed by atoms with Gasteiger partial charge in [0, 0.05) is 18.7 Å². The zero-order valence-electron chi connectivity index (χ0n) is 12.4. The zero-order chi connectivity index (χ0) is 15.4. The average molecular weight is 293 g/mol. The van der Waals surface area contributed by atoms with E-state index in [1.165, 1.54) is 14.2 Å². The van der Waals surface area contributed by atoms with E-state index < -0.39 is 0 Å². The zero-order valence-corrected chi connectivity index (χ0v) is 12.4. The summed E-state index contributed by atoms with van der Waals surface area (Å²) >= 11 is 0. The van der Waals surface area contributed by atoms with E-state index in [2.05, 4.69) is 0 Å². The average Bonchev–Trinajstić information content (AvgIpc) is 3.02. The Balaban J connectivity index is 2.12. The van der Waals surface area contributed by atoms with Crippen LogP contribution in [0.2, 0.25) is 0 Å². The van der Waals surface area contributed by atoms with E-state index in [-0.39, 0.29) is 17.8 Å². The minimum Gasteiger partial charge on any atom is -0.493 e. The van der Waals surface area contributed by atoms with Gasteiger partial charge in [0.2, 0.25) is 0 Å². The van der Waals surface area contributed by atoms with Gasteiger partial charge >= 0.3 is 5.97 Å². The Morgan fingerprint density at radius 2 is 1.86 bits per heavy atom. The first-order valence-corrected chi connectivity index (χ1v) is 6.69. The predicted molar refractivity (Wildman–Crippen MR) is 75.6 cm³/mol. The van der Waals surface area contributed by atoms with Crippen molar-refractivity contribution < 1.29 is 23.8 Å². The number of methoxy groups -OCH3 is 3. The van der Waals surface area contributed by atoms with Crippen LogP contribution in [0.1, 0.15) is 16.8 Å². The molecule has 0 spiro atoms. The summed E-state index contributed by atoms with van der Waals surface area (Å²) in [4.78, 5) is 25.6. The maximum absolute atomic E-state index is 12.4. The number of carbonyl (C=O) groups is 2. The van der Waals surface area contributed by atoms with Gasteiger partial charge in [0.15, 0.2) is 11.5 Å². The molecule has 0 aromatic heterocycles. The van der Waals surface area contributed by atoms with Crippen molar-refractivity contribution in [1.29, 1.82) is 0 Å². The van der Waals surface area contributed by atoms with Crippen molar-refractivity contribution in [2.24, 2.45) is 5.92 Å². The van der Waals surface area contributed by atoms with Gasteiger partial charge < -0.3 is 19.1 Å². The molecule has 6 nitrogen and oxygen atoms in total. The van der Waals surface area contributed by atoms with Crippen LogP contribution in [0.4, 0.5) is 0 Å². The SMILES string of the molecule is COC(=O)C1CCN(C(=O)c2ccc(OC)c(OC)c2)C1. The number of hydrogen-bond donors (Lipinski definition) is 0. The highest BCUT2D eigenvalue weighted by Crippen LogP contribution is 2.29. The van der Waals surface area contributed by atoms with Crippen LogP contribution < -0.4 is 9.47 Å². The normalized spacial score (nSPS) is 17.5. The topological polar surface area (TPSA) is 65.1 Å². The molecule has 0 bridgehead atoms. The molecule has 1 fully saturated rings. The van der Waals surface area contributed by atoms with Crippen LogP contribution in [-0.2, 0) is 9.53 Å². The highest BCUT2D eigenvalue weighted by Gasteiger charge is 2.32. The second-order valence-corrected chi connectivity index (χ2v) is 4.83. The first kappa shape index (κ1) is 15.2. The summed E-state index contributed by atoms with van der Waals surface area (Å²) in [5.74, 6) is 0.453. The molecule has 1 unspecified atom stereocenters. The summed E-state index contributed by atoms with van der Waals surface area (Å²) in [6.07, 6.45) is 0.631. The van der Waals surface area contributed by atoms with Gasteiger partial charge in [0.1, 0.15) is 0 Å². The number of ether oxygens (including phenoxy) is 3. The third kappa shape index (κ3) is 3.09. The number of likely N-dealkylation sites (tertiary alicyclic amines) is 1. The number of nitrogens with zero attached hydrogens (tertiary/aromatic N) is 1. The molecule has 0 radical (unpaired) electrons. The number of hydrogen-bond acceptors (Lipinski definition) is 5. The number of carbonyl (C=O) groups excluding carboxylic acids is 2. The Kier molecular flexibility index (Phi) is 4.67. The smallest absolute Gasteiger partial charge is 0.310 e. The summed E-state index contributed by atoms with van der Waals surface area (Å²) in [6.45, 7) is 0.937. The fraction of sp³-hybridized carbons (Fsp3) is 0.467. The van der Waals surface area contributed by atoms with Crippen LogP contribution in [0.5, 0.6) is 11.5 Å². The molecule has 1 saturated heterocycles. The largest absolute Gasteiger partial charge is 0.493 e. The van der Waals surface area contributed by atoms with Crippen LogP contribution in [0.15, 0.2) is 18.2 Å². The van der Waals surface area contributed by atoms with Crippen LogP contribution in [-0.4, -0.2) is 51.2 Å². The van der Waals surface area contributed by atoms with Gasteiger partial charge in [0.05, 0.1) is 27.2 Å². The third-order valence-corrected chi connectivity index (χ3v) is 3.64. The van der Waals surface area contributed by atoms with Crippen LogP contribution >= 0.6 is 0 Å². The molecule has 1 aliphatic rings. The molecule has 1 aromatic rings. The predicted octanol–water partition coefficient (Wildman–Crippen LogP) is 1.34. The van der Waals surface area contributed by atoms with Crippen LogP contribution in [0.25, 0.3) is 0 Å². The lowest BCUT2D eigenvalue weighted by atomic mass is 10.1. The van der Waals surface area contributed by atoms with E-state index in [0.29, 0.717) is 36.6 Å². The molecule has 1 amide bonds. The molecular formula is C15H19NO5. The number of amides is 1. The van der Waals surface area contributed by atoms with Crippen LogP contribution in [0, 0.1) is 5.92 Å². The molecule has 2 rings (SSSR count). The molecule has 6 heteroatoms. The second kappa shape index (κ2) is 6.47. The molecule has 0 aliphatic carbocycles. The summed E-state index contributed by atoms with van der Waals surface area (Å²) in [6, 6.07) is 5.03. The fourth-order valence-corrected chi connectivity index (χ4v) is 2.46. The molecule has 21 heavy (non-hydrogen) atoms. The van der Waals surface area contributed by atoms with Crippen molar-refractivity contribution in [3.05, 3.63) is 23.8 Å². The lowest BCUT2D eigenvalue weighted by Gasteiger charge is -2.17. The fourth-order valence-electron chi connectivity index (χ4n) is 2.46. The van der Waals surface area contributed by atoms with Gasteiger partial charge in [-0.1, -0.05) is 0 Å². The highest BCUT2D eigenvalue weighted by molar-refractivity contribution is 5.95. The molecule has 114 valence electrons. The van der Waals surface area contributed by atoms with E-state index in [9.17, 15) is 9.59 Å². The number of benzene rings is 1. The van der Waals surface area contributed by atoms with E-state index in [4.69, 9.17) is 14.2 Å². The lowest BCUT2D eigenvalue weighted by molar-refractivity contribution is -0.144. The van der Waals surface area contributed by atoms with E-state index in [1.807, 2.05) is 0 Å². The summed E-state index contributed by atoms with van der Waals surface area (Å²) in [7, 11) is 4.43. The monoisotopic (exact) mass is 293 g/mol. The first-order valence-electron chi connectivity index (χ1n) is 6.69. The van der Waals surface area contributed by atoms with Crippen molar-refractivity contribution in [1.82, 2.24) is 4.90 Å². The number of esters is 1. The summed E-state index contributed by atoms with van der Waals surface area (Å²) < 4.78 is 15.1. The maximum atomic E-state index is 12.4. The van der Waals surface area contributed by atoms with Gasteiger partial charge in [-0.15, -0.1) is 0 Å². The Morgan fingerprint density at radius 1 is 1.14 bits per heavy atom. The van der Waals surface area contributed by atoms with Gasteiger partial charge in [-0.05, 0) is 24.6 Å². The molecular weight excluding hydrogens is 274 g/mol. The minimum atomic E-state index is -0.266. The first-order chi connectivity index (χ1) is 10.1. The lowest BCUT2D eigenvalue weighted by Crippen LogP contribution is -2.30. The van der Waals surface area contributed by atoms with Gasteiger partial charge in [-0.2, -0.15) is 0 Å². The van der Waals surface area contributed by atoms with E-state index >= 15 is 0 Å². The van der Waals surface area contributed by atoms with Gasteiger partial charge in [0.25, 0.3) is 5.91 Å². The maximum Gasteiger partial charge on any atom is 0.310 e. The molecule has 0 N–H and O–H groups in total. The van der Waals surface area contributed by atoms with Crippen molar-refractivity contribution in [3.8, 4) is 11.5 Å². The standard InChI is InChI=1S/C15H19NO5/c1-19-12-5-4-10(8-13(12)20-2)14(17)16-7-6-11(9-16)15(18)21-3/h4-5,8,11H,6-7,9H2,1-3H3. The Labute approximate surface area is 123 Å². The second-order valence-electron chi connectivity index (χ2n) is 4.83. The highest BCUT2D eigenvalue weighted by atomic mass is 16.5. The van der Waals surface area contributed by atoms with Gasteiger partial charge in [-0.3, -0.25) is 9.59 Å². The van der Waals surface area contributed by atoms with Crippen molar-refractivity contribution >= 4 is 11.9 Å². The molecule has 1 heterocycles. The summed E-state index contributed by atoms with van der Waals surface area (Å²) in [5, 5.41) is 0. The van der Waals surface area contributed by atoms with Crippen LogP contribution in [0.3, 0.4) is 0 Å². The van der Waals surface area contributed by atoms with Crippen molar-refractivity contribution in [3.63, 3.8) is 0 Å². The van der Waals surface area contributed by atoms with Gasteiger partial charge in [-0.25, -0.2) is 0 Å². The Hall–Kier alpha value is -2.24. The third-order valence-electron chi connectivity index (χ3n) is 3.64. The van der Waals surface area contributed by atoms with Crippen molar-refractivity contribution in [2.75, 3.05) is 34.4 Å². The Morgan fingerprint density at radius 3 is 2.48 bits per heavy atom. The molecule has 1 aromatic carbocycles. The molecule has 1 aliphatic heterocycles. The number of rotatable bonds is 4. The van der Waals surface area contributed by atoms with Crippen molar-refractivity contribution in [2.45, 2.75) is 6.42 Å². The quantitative estimate of drug-likeness (QED) is 0.784. The summed E-state index contributed by atoms with van der Waals surface area (Å²) in [5.41, 5.74) is 0.512. The van der Waals surface area contributed by atoms with E-state index in [0.717, 1.165) is 0 Å². The Bertz CT molecular complexity index is 543. The van der Waals surface area contributed by atoms with E-state index in [1.54, 1.807) is 30.2 Å².